The highest BCUT2D eigenvalue weighted by Gasteiger charge is 2.20. The monoisotopic (exact) mass is 154 g/mol. The highest BCUT2D eigenvalue weighted by atomic mass is 16.7. The Bertz CT molecular complexity index is 250. The van der Waals surface area contributed by atoms with Crippen LogP contribution >= 0.6 is 0 Å². The maximum Gasteiger partial charge on any atom is 0.304 e. The minimum atomic E-state index is -2.72. The lowest BCUT2D eigenvalue weighted by molar-refractivity contribution is -0.323. The van der Waals surface area contributed by atoms with E-state index in [1.165, 1.54) is 12.1 Å². The van der Waals surface area contributed by atoms with Crippen LogP contribution in [0.5, 0.6) is 0 Å². The summed E-state index contributed by atoms with van der Waals surface area (Å²) in [6.07, 6.45) is 0. The second-order valence-electron chi connectivity index (χ2n) is 2.50. The van der Waals surface area contributed by atoms with Gasteiger partial charge in [0.15, 0.2) is 0 Å². The van der Waals surface area contributed by atoms with Crippen molar-refractivity contribution in [2.24, 2.45) is 0 Å². The molecule has 60 valence electrons. The van der Waals surface area contributed by atoms with E-state index in [-0.39, 0.29) is 5.56 Å². The molecule has 1 rings (SSSR count). The molecule has 0 saturated heterocycles. The molecule has 0 bridgehead atoms. The van der Waals surface area contributed by atoms with Crippen LogP contribution in [-0.2, 0) is 5.97 Å². The molecule has 0 unspecified atom stereocenters. The third-order valence-electron chi connectivity index (χ3n) is 1.41. The zero-order valence-corrected chi connectivity index (χ0v) is 6.15. The topological polar surface area (TPSA) is 60.7 Å². The van der Waals surface area contributed by atoms with Crippen molar-refractivity contribution in [3.63, 3.8) is 0 Å². The van der Waals surface area contributed by atoms with E-state index in [1.807, 2.05) is 0 Å². The molecule has 0 saturated carbocycles. The lowest BCUT2D eigenvalue weighted by Crippen LogP contribution is -2.23. The van der Waals surface area contributed by atoms with Gasteiger partial charge in [0.25, 0.3) is 0 Å². The van der Waals surface area contributed by atoms with Crippen LogP contribution in [-0.4, -0.2) is 15.3 Å². The van der Waals surface area contributed by atoms with E-state index >= 15 is 0 Å². The Hall–Kier alpha value is -0.900. The minimum absolute atomic E-state index is 0.0810. The molecule has 0 aliphatic carbocycles. The minimum Gasteiger partial charge on any atom is -0.340 e. The third kappa shape index (κ3) is 2.01. The van der Waals surface area contributed by atoms with Crippen molar-refractivity contribution in [2.75, 3.05) is 0 Å². The molecule has 0 aliphatic rings. The first-order valence-corrected chi connectivity index (χ1v) is 3.24. The van der Waals surface area contributed by atoms with Gasteiger partial charge < -0.3 is 15.3 Å². The molecule has 3 nitrogen and oxygen atoms in total. The van der Waals surface area contributed by atoms with E-state index in [9.17, 15) is 0 Å². The second-order valence-corrected chi connectivity index (χ2v) is 2.50. The molecular formula is C8H10O3. The van der Waals surface area contributed by atoms with Crippen LogP contribution in [0.25, 0.3) is 0 Å². The fourth-order valence-electron chi connectivity index (χ4n) is 0.854. The largest absolute Gasteiger partial charge is 0.340 e. The summed E-state index contributed by atoms with van der Waals surface area (Å²) < 4.78 is 0. The van der Waals surface area contributed by atoms with Crippen LogP contribution in [0.1, 0.15) is 11.1 Å². The van der Waals surface area contributed by atoms with Crippen molar-refractivity contribution in [2.45, 2.75) is 12.9 Å². The number of hydrogen-bond donors (Lipinski definition) is 3. The smallest absolute Gasteiger partial charge is 0.304 e. The van der Waals surface area contributed by atoms with Crippen LogP contribution in [0.3, 0.4) is 0 Å². The van der Waals surface area contributed by atoms with Crippen LogP contribution in [0.2, 0.25) is 0 Å². The van der Waals surface area contributed by atoms with Gasteiger partial charge in [0.05, 0.1) is 0 Å². The van der Waals surface area contributed by atoms with E-state index in [1.54, 1.807) is 19.1 Å². The number of aliphatic hydroxyl groups is 3. The molecule has 1 aromatic carbocycles. The molecule has 3 heteroatoms. The molecule has 3 N–H and O–H groups in total. The van der Waals surface area contributed by atoms with Crippen molar-refractivity contribution in [1.29, 1.82) is 0 Å². The van der Waals surface area contributed by atoms with Crippen LogP contribution in [0, 0.1) is 6.92 Å². The van der Waals surface area contributed by atoms with E-state index in [0.29, 0.717) is 0 Å². The lowest BCUT2D eigenvalue weighted by Gasteiger charge is -2.14. The van der Waals surface area contributed by atoms with Crippen molar-refractivity contribution in [3.8, 4) is 0 Å². The SMILES string of the molecule is Cc1cccc(C(O)(O)O)c1. The van der Waals surface area contributed by atoms with E-state index in [0.717, 1.165) is 5.56 Å². The number of benzene rings is 1. The highest BCUT2D eigenvalue weighted by molar-refractivity contribution is 5.23. The summed E-state index contributed by atoms with van der Waals surface area (Å²) in [4.78, 5) is 0. The number of hydrogen-bond acceptors (Lipinski definition) is 3. The summed E-state index contributed by atoms with van der Waals surface area (Å²) in [5, 5.41) is 26.2. The summed E-state index contributed by atoms with van der Waals surface area (Å²) in [6, 6.07) is 6.38. The first-order chi connectivity index (χ1) is 5.00. The van der Waals surface area contributed by atoms with Crippen molar-refractivity contribution >= 4 is 0 Å². The molecule has 0 fully saturated rings. The first kappa shape index (κ1) is 8.20. The van der Waals surface area contributed by atoms with Gasteiger partial charge in [-0.25, -0.2) is 0 Å². The van der Waals surface area contributed by atoms with Gasteiger partial charge in [-0.05, 0) is 13.0 Å². The Morgan fingerprint density at radius 2 is 1.82 bits per heavy atom. The van der Waals surface area contributed by atoms with E-state index in [2.05, 4.69) is 0 Å². The van der Waals surface area contributed by atoms with Gasteiger partial charge in [0, 0.05) is 5.56 Å². The van der Waals surface area contributed by atoms with Crippen LogP contribution < -0.4 is 0 Å². The summed E-state index contributed by atoms with van der Waals surface area (Å²) in [7, 11) is 0. The standard InChI is InChI=1S/C8H10O3/c1-6-3-2-4-7(5-6)8(9,10)11/h2-5,9-11H,1H3. The molecular weight excluding hydrogens is 144 g/mol. The van der Waals surface area contributed by atoms with Gasteiger partial charge in [0.2, 0.25) is 0 Å². The van der Waals surface area contributed by atoms with Gasteiger partial charge in [-0.1, -0.05) is 23.8 Å². The molecule has 0 aromatic heterocycles. The maximum atomic E-state index is 8.72. The van der Waals surface area contributed by atoms with Crippen molar-refractivity contribution in [3.05, 3.63) is 35.4 Å². The predicted octanol–water partition coefficient (Wildman–Crippen LogP) is 0.0822. The highest BCUT2D eigenvalue weighted by Crippen LogP contribution is 2.14. The quantitative estimate of drug-likeness (QED) is 0.502. The van der Waals surface area contributed by atoms with Crippen molar-refractivity contribution in [1.82, 2.24) is 0 Å². The van der Waals surface area contributed by atoms with Gasteiger partial charge in [-0.15, -0.1) is 0 Å². The van der Waals surface area contributed by atoms with Gasteiger partial charge in [0.1, 0.15) is 0 Å². The number of rotatable bonds is 1. The molecule has 0 radical (unpaired) electrons. The molecule has 0 atom stereocenters. The van der Waals surface area contributed by atoms with Gasteiger partial charge in [-0.3, -0.25) is 0 Å². The maximum absolute atomic E-state index is 8.72. The Morgan fingerprint density at radius 1 is 1.18 bits per heavy atom. The normalized spacial score (nSPS) is 11.6. The van der Waals surface area contributed by atoms with Crippen LogP contribution in [0.4, 0.5) is 0 Å². The molecule has 0 heterocycles. The zero-order chi connectivity index (χ0) is 8.48. The van der Waals surface area contributed by atoms with E-state index in [4.69, 9.17) is 15.3 Å². The number of aryl methyl sites for hydroxylation is 1. The predicted molar refractivity (Wildman–Crippen MR) is 39.5 cm³/mol. The molecule has 0 aliphatic heterocycles. The third-order valence-corrected chi connectivity index (χ3v) is 1.41. The average Bonchev–Trinajstić information content (AvgIpc) is 1.86. The van der Waals surface area contributed by atoms with E-state index < -0.39 is 5.97 Å². The second kappa shape index (κ2) is 2.62. The summed E-state index contributed by atoms with van der Waals surface area (Å²) in [5.41, 5.74) is 0.946. The summed E-state index contributed by atoms with van der Waals surface area (Å²) >= 11 is 0. The molecule has 0 amide bonds. The average molecular weight is 154 g/mol. The fraction of sp³-hybridized carbons (Fsp3) is 0.250. The Kier molecular flexibility index (Phi) is 1.95. The summed E-state index contributed by atoms with van der Waals surface area (Å²) in [5.74, 6) is -2.72. The Morgan fingerprint density at radius 3 is 2.18 bits per heavy atom. The van der Waals surface area contributed by atoms with Crippen molar-refractivity contribution < 1.29 is 15.3 Å². The Labute approximate surface area is 64.5 Å². The first-order valence-electron chi connectivity index (χ1n) is 3.24. The van der Waals surface area contributed by atoms with Gasteiger partial charge >= 0.3 is 5.97 Å². The zero-order valence-electron chi connectivity index (χ0n) is 6.15. The lowest BCUT2D eigenvalue weighted by atomic mass is 10.1. The molecule has 0 spiro atoms. The molecule has 11 heavy (non-hydrogen) atoms. The fourth-order valence-corrected chi connectivity index (χ4v) is 0.854. The van der Waals surface area contributed by atoms with Crippen LogP contribution in [0.15, 0.2) is 24.3 Å². The summed E-state index contributed by atoms with van der Waals surface area (Å²) in [6.45, 7) is 1.80. The molecule has 1 aromatic rings. The van der Waals surface area contributed by atoms with Gasteiger partial charge in [-0.2, -0.15) is 0 Å². The Balaban J connectivity index is 3.06.